The number of hydrogen-bond donors (Lipinski definition) is 1. The van der Waals surface area contributed by atoms with Crippen LogP contribution < -0.4 is 4.74 Å². The fraction of sp³-hybridized carbons (Fsp3) is 0.385. The van der Waals surface area contributed by atoms with Crippen molar-refractivity contribution in [1.29, 1.82) is 0 Å². The van der Waals surface area contributed by atoms with Gasteiger partial charge in [-0.15, -0.1) is 0 Å². The number of nitrogens with zero attached hydrogens (tertiary/aromatic N) is 1. The number of aliphatic imine (C=N–C) groups is 1. The Bertz CT molecular complexity index is 1050. The Morgan fingerprint density at radius 1 is 1.31 bits per heavy atom. The first-order valence-corrected chi connectivity index (χ1v) is 11.5. The predicted molar refractivity (Wildman–Crippen MR) is 126 cm³/mol. The summed E-state index contributed by atoms with van der Waals surface area (Å²) in [6.45, 7) is 4.17. The van der Waals surface area contributed by atoms with Crippen LogP contribution in [0.25, 0.3) is 0 Å². The van der Waals surface area contributed by atoms with Gasteiger partial charge in [0.25, 0.3) is 0 Å². The third-order valence-corrected chi connectivity index (χ3v) is 6.77. The minimum atomic E-state index is -1.45. The maximum absolute atomic E-state index is 12.4. The van der Waals surface area contributed by atoms with E-state index in [1.807, 2.05) is 55.5 Å². The second kappa shape index (κ2) is 9.08. The van der Waals surface area contributed by atoms with Crippen molar-refractivity contribution in [2.45, 2.75) is 56.8 Å². The van der Waals surface area contributed by atoms with Gasteiger partial charge in [-0.2, -0.15) is 0 Å². The Labute approximate surface area is 193 Å². The number of carbonyl (C=O) groups is 1. The molecule has 2 aromatic carbocycles. The zero-order valence-electron chi connectivity index (χ0n) is 18.4. The molecule has 4 rings (SSSR count). The number of carbonyl (C=O) groups excluding carboxylic acids is 1. The lowest BCUT2D eigenvalue weighted by atomic mass is 9.68. The number of halogens is 1. The molecule has 0 saturated heterocycles. The first-order chi connectivity index (χ1) is 15.4. The van der Waals surface area contributed by atoms with E-state index in [-0.39, 0.29) is 12.4 Å². The number of benzene rings is 2. The highest BCUT2D eigenvalue weighted by atomic mass is 35.5. The topological polar surface area (TPSA) is 68.1 Å². The van der Waals surface area contributed by atoms with E-state index in [1.54, 1.807) is 19.2 Å². The number of fused-ring (bicyclic) bond motifs is 1. The normalized spacial score (nSPS) is 23.3. The molecule has 2 aliphatic rings. The first-order valence-electron chi connectivity index (χ1n) is 11.1. The molecule has 0 radical (unpaired) electrons. The summed E-state index contributed by atoms with van der Waals surface area (Å²) in [4.78, 5) is 16.5. The van der Waals surface area contributed by atoms with Gasteiger partial charge in [0.15, 0.2) is 5.60 Å². The van der Waals surface area contributed by atoms with Gasteiger partial charge in [0, 0.05) is 16.8 Å². The Balaban J connectivity index is 1.69. The van der Waals surface area contributed by atoms with Gasteiger partial charge >= 0.3 is 5.97 Å². The third kappa shape index (κ3) is 3.84. The number of esters is 1. The zero-order chi connectivity index (χ0) is 22.8. The van der Waals surface area contributed by atoms with Crippen LogP contribution in [0.5, 0.6) is 5.75 Å². The number of aryl methyl sites for hydroxylation is 1. The average Bonchev–Trinajstić information content (AvgIpc) is 3.29. The van der Waals surface area contributed by atoms with E-state index in [1.165, 1.54) is 0 Å². The molecule has 0 fully saturated rings. The molecule has 0 saturated carbocycles. The summed E-state index contributed by atoms with van der Waals surface area (Å²) in [5.41, 5.74) is 0.189. The van der Waals surface area contributed by atoms with Crippen LogP contribution >= 0.6 is 11.6 Å². The summed E-state index contributed by atoms with van der Waals surface area (Å²) < 4.78 is 11.5. The van der Waals surface area contributed by atoms with E-state index >= 15 is 0 Å². The summed E-state index contributed by atoms with van der Waals surface area (Å²) in [6, 6.07) is 13.1. The van der Waals surface area contributed by atoms with Gasteiger partial charge in [0.05, 0.1) is 13.0 Å². The van der Waals surface area contributed by atoms with Crippen molar-refractivity contribution in [3.05, 3.63) is 76.3 Å². The third-order valence-electron chi connectivity index (χ3n) is 6.44. The molecule has 5 nitrogen and oxygen atoms in total. The summed E-state index contributed by atoms with van der Waals surface area (Å²) in [5.74, 6) is 0.461. The second-order valence-electron chi connectivity index (χ2n) is 8.23. The van der Waals surface area contributed by atoms with Gasteiger partial charge in [-0.1, -0.05) is 54.9 Å². The van der Waals surface area contributed by atoms with Crippen molar-refractivity contribution < 1.29 is 19.4 Å². The number of rotatable bonds is 7. The van der Waals surface area contributed by atoms with E-state index in [9.17, 15) is 9.90 Å². The first kappa shape index (κ1) is 22.6. The van der Waals surface area contributed by atoms with E-state index in [0.29, 0.717) is 42.2 Å². The molecule has 0 spiro atoms. The number of allylic oxidation sites excluding steroid dienone is 1. The molecule has 168 valence electrons. The van der Waals surface area contributed by atoms with Crippen molar-refractivity contribution in [2.75, 3.05) is 6.61 Å². The smallest absolute Gasteiger partial charge is 0.310 e. The Kier molecular flexibility index (Phi) is 6.40. The van der Waals surface area contributed by atoms with Crippen LogP contribution in [0, 0.1) is 0 Å². The molecule has 6 heteroatoms. The maximum Gasteiger partial charge on any atom is 0.310 e. The average molecular weight is 454 g/mol. The monoisotopic (exact) mass is 453 g/mol. The molecule has 0 aliphatic carbocycles. The predicted octanol–water partition coefficient (Wildman–Crippen LogP) is 4.82. The van der Waals surface area contributed by atoms with Gasteiger partial charge in [0.2, 0.25) is 0 Å². The highest BCUT2D eigenvalue weighted by molar-refractivity contribution is 6.31. The van der Waals surface area contributed by atoms with Crippen molar-refractivity contribution in [3.8, 4) is 5.75 Å². The summed E-state index contributed by atoms with van der Waals surface area (Å²) >= 11 is 6.59. The quantitative estimate of drug-likeness (QED) is 0.610. The standard InChI is InChI=1S/C26H28ClNO4/c1-3-25(14-7-15-28-25)26(30,20-8-5-6-9-21(20)27)23-13-11-19-16-18(10-12-22(19)32-23)17-24(29)31-4-2/h5-10,12,14-16,23,30H,3-4,11,13,17H2,1-2H3. The lowest BCUT2D eigenvalue weighted by molar-refractivity contribution is -0.142. The number of hydrogen-bond acceptors (Lipinski definition) is 5. The zero-order valence-corrected chi connectivity index (χ0v) is 19.1. The molecule has 3 unspecified atom stereocenters. The summed E-state index contributed by atoms with van der Waals surface area (Å²) in [7, 11) is 0. The van der Waals surface area contributed by atoms with Gasteiger partial charge in [-0.05, 0) is 55.5 Å². The van der Waals surface area contributed by atoms with E-state index in [4.69, 9.17) is 26.1 Å². The molecule has 3 atom stereocenters. The van der Waals surface area contributed by atoms with Crippen LogP contribution in [-0.4, -0.2) is 35.5 Å². The van der Waals surface area contributed by atoms with Gasteiger partial charge in [-0.25, -0.2) is 0 Å². The largest absolute Gasteiger partial charge is 0.487 e. The van der Waals surface area contributed by atoms with E-state index in [0.717, 1.165) is 11.1 Å². The molecule has 0 aromatic heterocycles. The molecule has 1 N–H and O–H groups in total. The van der Waals surface area contributed by atoms with Gasteiger partial charge < -0.3 is 14.6 Å². The van der Waals surface area contributed by atoms with Crippen molar-refractivity contribution in [2.24, 2.45) is 4.99 Å². The van der Waals surface area contributed by atoms with Crippen LogP contribution in [-0.2, 0) is 28.0 Å². The van der Waals surface area contributed by atoms with Crippen LogP contribution in [0.4, 0.5) is 0 Å². The highest BCUT2D eigenvalue weighted by Crippen LogP contribution is 2.49. The highest BCUT2D eigenvalue weighted by Gasteiger charge is 2.57. The Morgan fingerprint density at radius 2 is 2.12 bits per heavy atom. The molecule has 0 bridgehead atoms. The van der Waals surface area contributed by atoms with Gasteiger partial charge in [-0.3, -0.25) is 9.79 Å². The van der Waals surface area contributed by atoms with Crippen LogP contribution in [0.3, 0.4) is 0 Å². The molecule has 2 aliphatic heterocycles. The second-order valence-corrected chi connectivity index (χ2v) is 8.64. The van der Waals surface area contributed by atoms with Crippen molar-refractivity contribution in [1.82, 2.24) is 0 Å². The molecule has 2 aromatic rings. The molecule has 0 amide bonds. The minimum Gasteiger partial charge on any atom is -0.487 e. The number of aliphatic hydroxyl groups is 1. The minimum absolute atomic E-state index is 0.229. The number of ether oxygens (including phenoxy) is 2. The summed E-state index contributed by atoms with van der Waals surface area (Å²) in [5, 5.41) is 12.8. The fourth-order valence-corrected chi connectivity index (χ4v) is 5.09. The van der Waals surface area contributed by atoms with Gasteiger partial charge in [0.1, 0.15) is 17.4 Å². The van der Waals surface area contributed by atoms with Crippen molar-refractivity contribution >= 4 is 23.8 Å². The summed E-state index contributed by atoms with van der Waals surface area (Å²) in [6.07, 6.45) is 7.09. The molecule has 2 heterocycles. The molecule has 32 heavy (non-hydrogen) atoms. The van der Waals surface area contributed by atoms with Crippen LogP contribution in [0.15, 0.2) is 59.6 Å². The SMILES string of the molecule is CCOC(=O)Cc1ccc2c(c1)CCC(C(O)(c1ccccc1Cl)C1(CC)C=CC=N1)O2. The van der Waals surface area contributed by atoms with Crippen LogP contribution in [0.1, 0.15) is 43.4 Å². The lowest BCUT2D eigenvalue weighted by Crippen LogP contribution is -2.58. The molecular formula is C26H28ClNO4. The van der Waals surface area contributed by atoms with E-state index in [2.05, 4.69) is 0 Å². The molecular weight excluding hydrogens is 426 g/mol. The maximum atomic E-state index is 12.4. The van der Waals surface area contributed by atoms with E-state index < -0.39 is 17.2 Å². The van der Waals surface area contributed by atoms with Crippen LogP contribution in [0.2, 0.25) is 5.02 Å². The Hall–Kier alpha value is -2.63. The fourth-order valence-electron chi connectivity index (χ4n) is 4.81. The van der Waals surface area contributed by atoms with Crippen molar-refractivity contribution in [3.63, 3.8) is 0 Å². The Morgan fingerprint density at radius 3 is 2.81 bits per heavy atom. The lowest BCUT2D eigenvalue weighted by Gasteiger charge is -2.48.